The van der Waals surface area contributed by atoms with E-state index >= 15 is 0 Å². The number of hydrogen-bond donors (Lipinski definition) is 1. The Bertz CT molecular complexity index is 956. The zero-order chi connectivity index (χ0) is 17.9. The summed E-state index contributed by atoms with van der Waals surface area (Å²) in [7, 11) is -3.62. The molecule has 2 aromatic carbocycles. The van der Waals surface area contributed by atoms with Crippen LogP contribution in [0.3, 0.4) is 0 Å². The predicted octanol–water partition coefficient (Wildman–Crippen LogP) is 4.38. The van der Waals surface area contributed by atoms with Gasteiger partial charge in [0.1, 0.15) is 5.75 Å². The summed E-state index contributed by atoms with van der Waals surface area (Å²) in [6.45, 7) is 1.99. The molecule has 0 spiro atoms. The highest BCUT2D eigenvalue weighted by molar-refractivity contribution is 7.89. The number of benzene rings is 2. The third-order valence-corrected chi connectivity index (χ3v) is 5.91. The van der Waals surface area contributed by atoms with Gasteiger partial charge in [0.2, 0.25) is 10.0 Å². The number of aromatic nitrogens is 1. The van der Waals surface area contributed by atoms with Gasteiger partial charge in [0, 0.05) is 23.1 Å². The fraction of sp³-hybridized carbons (Fsp3) is 0.118. The van der Waals surface area contributed by atoms with E-state index in [0.29, 0.717) is 16.0 Å². The van der Waals surface area contributed by atoms with Crippen LogP contribution in [-0.4, -0.2) is 13.4 Å². The average Bonchev–Trinajstić information content (AvgIpc) is 3.10. The van der Waals surface area contributed by atoms with Crippen molar-refractivity contribution >= 4 is 33.0 Å². The van der Waals surface area contributed by atoms with Crippen LogP contribution in [0.1, 0.15) is 11.1 Å². The molecular weight excluding hydrogens is 380 g/mol. The molecule has 0 radical (unpaired) electrons. The fourth-order valence-electron chi connectivity index (χ4n) is 2.04. The number of ether oxygens (including phenoxy) is 1. The Hall–Kier alpha value is -1.93. The molecule has 0 saturated carbocycles. The molecular formula is C17H15ClN2O3S2. The van der Waals surface area contributed by atoms with Gasteiger partial charge in [0.05, 0.1) is 4.90 Å². The summed E-state index contributed by atoms with van der Waals surface area (Å²) in [5.41, 5.74) is 1.64. The standard InChI is InChI=1S/C17H15ClN2O3S2/c1-12-2-7-15(10-16(12)18)25(21,22)20-11-13-3-5-14(6-4-13)23-17-19-8-9-24-17/h2-10,20H,11H2,1H3. The summed E-state index contributed by atoms with van der Waals surface area (Å²) < 4.78 is 32.8. The molecule has 8 heteroatoms. The smallest absolute Gasteiger partial charge is 0.278 e. The van der Waals surface area contributed by atoms with Gasteiger partial charge in [-0.25, -0.2) is 18.1 Å². The van der Waals surface area contributed by atoms with Gasteiger partial charge in [-0.3, -0.25) is 0 Å². The van der Waals surface area contributed by atoms with E-state index in [1.54, 1.807) is 36.5 Å². The molecule has 0 amide bonds. The third kappa shape index (κ3) is 4.58. The van der Waals surface area contributed by atoms with E-state index in [2.05, 4.69) is 9.71 Å². The number of nitrogens with one attached hydrogen (secondary N) is 1. The summed E-state index contributed by atoms with van der Waals surface area (Å²) in [5.74, 6) is 0.645. The van der Waals surface area contributed by atoms with Crippen LogP contribution in [0.2, 0.25) is 5.02 Å². The summed E-state index contributed by atoms with van der Waals surface area (Å²) in [5, 5.41) is 2.81. The first-order valence-corrected chi connectivity index (χ1v) is 10.1. The second-order valence-electron chi connectivity index (χ2n) is 5.28. The molecule has 0 saturated heterocycles. The van der Waals surface area contributed by atoms with Crippen molar-refractivity contribution in [3.8, 4) is 10.9 Å². The Labute approximate surface area is 155 Å². The first-order valence-electron chi connectivity index (χ1n) is 7.36. The Morgan fingerprint density at radius 1 is 1.20 bits per heavy atom. The van der Waals surface area contributed by atoms with E-state index in [-0.39, 0.29) is 11.4 Å². The first-order chi connectivity index (χ1) is 11.9. The van der Waals surface area contributed by atoms with Crippen LogP contribution in [0.15, 0.2) is 58.9 Å². The Balaban J connectivity index is 1.65. The Morgan fingerprint density at radius 2 is 1.96 bits per heavy atom. The maximum Gasteiger partial charge on any atom is 0.278 e. The SMILES string of the molecule is Cc1ccc(S(=O)(=O)NCc2ccc(Oc3nccs3)cc2)cc1Cl. The van der Waals surface area contributed by atoms with Crippen molar-refractivity contribution in [1.82, 2.24) is 9.71 Å². The fourth-order valence-corrected chi connectivity index (χ4v) is 3.83. The highest BCUT2D eigenvalue weighted by atomic mass is 35.5. The van der Waals surface area contributed by atoms with Crippen molar-refractivity contribution in [2.75, 3.05) is 0 Å². The molecule has 0 fully saturated rings. The number of rotatable bonds is 6. The first kappa shape index (κ1) is 17.9. The van der Waals surface area contributed by atoms with Gasteiger partial charge < -0.3 is 4.74 Å². The van der Waals surface area contributed by atoms with Crippen LogP contribution in [-0.2, 0) is 16.6 Å². The zero-order valence-corrected chi connectivity index (χ0v) is 15.7. The van der Waals surface area contributed by atoms with Crippen molar-refractivity contribution in [1.29, 1.82) is 0 Å². The van der Waals surface area contributed by atoms with Gasteiger partial charge in [-0.05, 0) is 42.3 Å². The van der Waals surface area contributed by atoms with Crippen LogP contribution < -0.4 is 9.46 Å². The van der Waals surface area contributed by atoms with E-state index < -0.39 is 10.0 Å². The second kappa shape index (κ2) is 7.53. The van der Waals surface area contributed by atoms with Crippen molar-refractivity contribution in [2.24, 2.45) is 0 Å². The molecule has 3 aromatic rings. The lowest BCUT2D eigenvalue weighted by atomic mass is 10.2. The molecule has 0 aliphatic heterocycles. The molecule has 0 aliphatic rings. The lowest BCUT2D eigenvalue weighted by Crippen LogP contribution is -2.23. The van der Waals surface area contributed by atoms with Crippen molar-refractivity contribution in [3.63, 3.8) is 0 Å². The van der Waals surface area contributed by atoms with E-state index in [0.717, 1.165) is 11.1 Å². The largest absolute Gasteiger partial charge is 0.431 e. The van der Waals surface area contributed by atoms with E-state index in [9.17, 15) is 8.42 Å². The van der Waals surface area contributed by atoms with Crippen LogP contribution in [0.5, 0.6) is 10.9 Å². The lowest BCUT2D eigenvalue weighted by Gasteiger charge is -2.09. The molecule has 1 heterocycles. The minimum Gasteiger partial charge on any atom is -0.431 e. The average molecular weight is 395 g/mol. The number of nitrogens with zero attached hydrogens (tertiary/aromatic N) is 1. The molecule has 0 unspecified atom stereocenters. The number of halogens is 1. The highest BCUT2D eigenvalue weighted by Gasteiger charge is 2.14. The lowest BCUT2D eigenvalue weighted by molar-refractivity contribution is 0.478. The minimum absolute atomic E-state index is 0.145. The van der Waals surface area contributed by atoms with E-state index in [1.165, 1.54) is 23.5 Å². The van der Waals surface area contributed by atoms with Crippen molar-refractivity contribution in [2.45, 2.75) is 18.4 Å². The van der Waals surface area contributed by atoms with Crippen molar-refractivity contribution < 1.29 is 13.2 Å². The summed E-state index contributed by atoms with van der Waals surface area (Å²) in [4.78, 5) is 4.19. The quantitative estimate of drug-likeness (QED) is 0.673. The molecule has 0 aliphatic carbocycles. The van der Waals surface area contributed by atoms with Crippen LogP contribution in [0, 0.1) is 6.92 Å². The predicted molar refractivity (Wildman–Crippen MR) is 98.8 cm³/mol. The number of aryl methyl sites for hydroxylation is 1. The molecule has 25 heavy (non-hydrogen) atoms. The monoisotopic (exact) mass is 394 g/mol. The third-order valence-electron chi connectivity index (χ3n) is 3.46. The highest BCUT2D eigenvalue weighted by Crippen LogP contribution is 2.24. The van der Waals surface area contributed by atoms with E-state index in [1.807, 2.05) is 12.3 Å². The van der Waals surface area contributed by atoms with Crippen LogP contribution in [0.25, 0.3) is 0 Å². The second-order valence-corrected chi connectivity index (χ2v) is 8.31. The normalized spacial score (nSPS) is 11.4. The molecule has 5 nitrogen and oxygen atoms in total. The Kier molecular flexibility index (Phi) is 5.39. The van der Waals surface area contributed by atoms with Gasteiger partial charge in [0.15, 0.2) is 0 Å². The van der Waals surface area contributed by atoms with Gasteiger partial charge >= 0.3 is 0 Å². The zero-order valence-electron chi connectivity index (χ0n) is 13.3. The molecule has 1 aromatic heterocycles. The van der Waals surface area contributed by atoms with Gasteiger partial charge in [-0.2, -0.15) is 0 Å². The van der Waals surface area contributed by atoms with Crippen LogP contribution in [0.4, 0.5) is 0 Å². The number of sulfonamides is 1. The topological polar surface area (TPSA) is 68.3 Å². The molecule has 130 valence electrons. The summed E-state index contributed by atoms with van der Waals surface area (Å²) in [6, 6.07) is 11.8. The number of thiazole rings is 1. The number of hydrogen-bond acceptors (Lipinski definition) is 5. The molecule has 0 bridgehead atoms. The summed E-state index contributed by atoms with van der Waals surface area (Å²) in [6.07, 6.45) is 1.67. The van der Waals surface area contributed by atoms with E-state index in [4.69, 9.17) is 16.3 Å². The maximum atomic E-state index is 12.3. The minimum atomic E-state index is -3.62. The Morgan fingerprint density at radius 3 is 2.60 bits per heavy atom. The molecule has 3 rings (SSSR count). The van der Waals surface area contributed by atoms with Gasteiger partial charge in [-0.15, -0.1) is 0 Å². The van der Waals surface area contributed by atoms with Crippen molar-refractivity contribution in [3.05, 3.63) is 70.2 Å². The maximum absolute atomic E-state index is 12.3. The van der Waals surface area contributed by atoms with Gasteiger partial charge in [0.25, 0.3) is 5.19 Å². The summed E-state index contributed by atoms with van der Waals surface area (Å²) >= 11 is 7.40. The van der Waals surface area contributed by atoms with Crippen LogP contribution >= 0.6 is 22.9 Å². The molecule has 1 N–H and O–H groups in total. The van der Waals surface area contributed by atoms with Gasteiger partial charge in [-0.1, -0.05) is 41.1 Å². The molecule has 0 atom stereocenters.